The molecule has 0 aromatic rings. The summed E-state index contributed by atoms with van der Waals surface area (Å²) in [7, 11) is 0. The highest BCUT2D eigenvalue weighted by Gasteiger charge is 2.21. The minimum Gasteiger partial charge on any atom is -0.176 e. The van der Waals surface area contributed by atoms with E-state index in [1.165, 1.54) is 25.7 Å². The second kappa shape index (κ2) is 3.91. The molecule has 10 heavy (non-hydrogen) atoms. The molecule has 3 atom stereocenters. The Morgan fingerprint density at radius 2 is 2.10 bits per heavy atom. The molecule has 0 spiro atoms. The highest BCUT2D eigenvalue weighted by molar-refractivity contribution is 7.81. The minimum atomic E-state index is 0.565. The molecule has 0 radical (unpaired) electrons. The summed E-state index contributed by atoms with van der Waals surface area (Å²) in [4.78, 5) is 0. The standard InChI is InChI=1S/C8H16S2/c1-6(9)7-3-2-4-8(10)5-7/h6-10H,2-5H2,1H3. The van der Waals surface area contributed by atoms with Crippen LogP contribution in [0.1, 0.15) is 32.6 Å². The predicted octanol–water partition coefficient (Wildman–Crippen LogP) is 2.79. The summed E-state index contributed by atoms with van der Waals surface area (Å²) < 4.78 is 0. The second-order valence-electron chi connectivity index (χ2n) is 3.32. The minimum absolute atomic E-state index is 0.565. The normalized spacial score (nSPS) is 37.5. The monoisotopic (exact) mass is 176 g/mol. The van der Waals surface area contributed by atoms with E-state index >= 15 is 0 Å². The second-order valence-corrected chi connectivity index (χ2v) is 4.87. The fraction of sp³-hybridized carbons (Fsp3) is 1.00. The summed E-state index contributed by atoms with van der Waals surface area (Å²) in [5.74, 6) is 0.819. The van der Waals surface area contributed by atoms with Crippen LogP contribution < -0.4 is 0 Å². The van der Waals surface area contributed by atoms with E-state index in [1.807, 2.05) is 0 Å². The summed E-state index contributed by atoms with van der Waals surface area (Å²) >= 11 is 8.93. The van der Waals surface area contributed by atoms with Gasteiger partial charge in [0.05, 0.1) is 0 Å². The van der Waals surface area contributed by atoms with Crippen molar-refractivity contribution in [2.75, 3.05) is 0 Å². The molecule has 1 saturated carbocycles. The average molecular weight is 176 g/mol. The van der Waals surface area contributed by atoms with E-state index in [1.54, 1.807) is 0 Å². The highest BCUT2D eigenvalue weighted by atomic mass is 32.1. The fourth-order valence-corrected chi connectivity index (χ4v) is 2.36. The molecule has 0 aliphatic heterocycles. The average Bonchev–Trinajstić information content (AvgIpc) is 1.88. The van der Waals surface area contributed by atoms with Crippen molar-refractivity contribution in [2.24, 2.45) is 5.92 Å². The molecule has 60 valence electrons. The Morgan fingerprint density at radius 3 is 2.50 bits per heavy atom. The van der Waals surface area contributed by atoms with Gasteiger partial charge in [0.15, 0.2) is 0 Å². The Kier molecular flexibility index (Phi) is 3.44. The van der Waals surface area contributed by atoms with E-state index in [0.717, 1.165) is 5.92 Å². The molecule has 0 amide bonds. The number of rotatable bonds is 1. The van der Waals surface area contributed by atoms with E-state index in [2.05, 4.69) is 32.2 Å². The molecule has 0 nitrogen and oxygen atoms in total. The van der Waals surface area contributed by atoms with Crippen LogP contribution in [-0.2, 0) is 0 Å². The Bertz CT molecular complexity index is 101. The summed E-state index contributed by atoms with van der Waals surface area (Å²) in [6, 6.07) is 0. The van der Waals surface area contributed by atoms with Gasteiger partial charge in [-0.15, -0.1) is 0 Å². The van der Waals surface area contributed by atoms with Crippen molar-refractivity contribution in [3.8, 4) is 0 Å². The lowest BCUT2D eigenvalue weighted by Crippen LogP contribution is -2.21. The van der Waals surface area contributed by atoms with Gasteiger partial charge in [0.25, 0.3) is 0 Å². The van der Waals surface area contributed by atoms with Crippen LogP contribution in [-0.4, -0.2) is 10.5 Å². The van der Waals surface area contributed by atoms with Gasteiger partial charge in [-0.3, -0.25) is 0 Å². The molecule has 1 aliphatic carbocycles. The van der Waals surface area contributed by atoms with Crippen molar-refractivity contribution in [2.45, 2.75) is 43.1 Å². The lowest BCUT2D eigenvalue weighted by Gasteiger charge is -2.28. The molecule has 0 aromatic carbocycles. The topological polar surface area (TPSA) is 0 Å². The lowest BCUT2D eigenvalue weighted by molar-refractivity contribution is 0.367. The van der Waals surface area contributed by atoms with Gasteiger partial charge in [-0.2, -0.15) is 25.3 Å². The van der Waals surface area contributed by atoms with Crippen molar-refractivity contribution >= 4 is 25.3 Å². The Morgan fingerprint density at radius 1 is 1.40 bits per heavy atom. The van der Waals surface area contributed by atoms with Gasteiger partial charge < -0.3 is 0 Å². The molecule has 0 heterocycles. The molecule has 0 N–H and O–H groups in total. The summed E-state index contributed by atoms with van der Waals surface area (Å²) in [6.07, 6.45) is 5.29. The first-order valence-electron chi connectivity index (χ1n) is 4.06. The number of thiol groups is 2. The van der Waals surface area contributed by atoms with Crippen LogP contribution in [0.15, 0.2) is 0 Å². The van der Waals surface area contributed by atoms with Crippen molar-refractivity contribution in [3.63, 3.8) is 0 Å². The van der Waals surface area contributed by atoms with Gasteiger partial charge in [0.1, 0.15) is 0 Å². The maximum Gasteiger partial charge on any atom is 0.00198 e. The third-order valence-corrected chi connectivity index (χ3v) is 3.26. The molecule has 3 unspecified atom stereocenters. The van der Waals surface area contributed by atoms with Crippen molar-refractivity contribution in [1.82, 2.24) is 0 Å². The van der Waals surface area contributed by atoms with Crippen LogP contribution in [0.5, 0.6) is 0 Å². The quantitative estimate of drug-likeness (QED) is 0.564. The Balaban J connectivity index is 2.32. The zero-order valence-corrected chi connectivity index (χ0v) is 8.24. The molecule has 1 aliphatic rings. The maximum atomic E-state index is 4.48. The largest absolute Gasteiger partial charge is 0.176 e. The molecule has 2 heteroatoms. The molecular formula is C8H16S2. The van der Waals surface area contributed by atoms with Crippen molar-refractivity contribution < 1.29 is 0 Å². The van der Waals surface area contributed by atoms with Crippen LogP contribution in [0.2, 0.25) is 0 Å². The zero-order chi connectivity index (χ0) is 7.56. The van der Waals surface area contributed by atoms with Crippen LogP contribution in [0.25, 0.3) is 0 Å². The maximum absolute atomic E-state index is 4.48. The fourth-order valence-electron chi connectivity index (χ4n) is 1.64. The van der Waals surface area contributed by atoms with Crippen LogP contribution >= 0.6 is 25.3 Å². The molecular weight excluding hydrogens is 160 g/mol. The number of hydrogen-bond acceptors (Lipinski definition) is 2. The zero-order valence-electron chi connectivity index (χ0n) is 6.45. The first kappa shape index (κ1) is 8.79. The Hall–Kier alpha value is 0.700. The van der Waals surface area contributed by atoms with Gasteiger partial charge in [-0.05, 0) is 25.2 Å². The van der Waals surface area contributed by atoms with Gasteiger partial charge in [-0.1, -0.05) is 13.3 Å². The smallest absolute Gasteiger partial charge is 0.00198 e. The number of hydrogen-bond donors (Lipinski definition) is 2. The third kappa shape index (κ3) is 2.39. The Labute approximate surface area is 74.6 Å². The summed E-state index contributed by atoms with van der Waals surface area (Å²) in [5.41, 5.74) is 0. The van der Waals surface area contributed by atoms with Gasteiger partial charge >= 0.3 is 0 Å². The van der Waals surface area contributed by atoms with Crippen LogP contribution in [0.4, 0.5) is 0 Å². The third-order valence-electron chi connectivity index (χ3n) is 2.37. The first-order chi connectivity index (χ1) is 4.70. The van der Waals surface area contributed by atoms with E-state index in [-0.39, 0.29) is 0 Å². The summed E-state index contributed by atoms with van der Waals surface area (Å²) in [5, 5.41) is 1.21. The van der Waals surface area contributed by atoms with Crippen LogP contribution in [0.3, 0.4) is 0 Å². The molecule has 0 bridgehead atoms. The van der Waals surface area contributed by atoms with E-state index in [9.17, 15) is 0 Å². The lowest BCUT2D eigenvalue weighted by atomic mass is 9.87. The molecule has 0 saturated heterocycles. The highest BCUT2D eigenvalue weighted by Crippen LogP contribution is 2.31. The van der Waals surface area contributed by atoms with E-state index in [4.69, 9.17) is 0 Å². The summed E-state index contributed by atoms with van der Waals surface area (Å²) in [6.45, 7) is 2.19. The van der Waals surface area contributed by atoms with Crippen molar-refractivity contribution in [3.05, 3.63) is 0 Å². The van der Waals surface area contributed by atoms with Gasteiger partial charge in [0.2, 0.25) is 0 Å². The SMILES string of the molecule is CC(S)C1CCCC(S)C1. The molecule has 1 rings (SSSR count). The van der Waals surface area contributed by atoms with Gasteiger partial charge in [0, 0.05) is 10.5 Å². The van der Waals surface area contributed by atoms with Crippen molar-refractivity contribution in [1.29, 1.82) is 0 Å². The molecule has 1 fully saturated rings. The predicted molar refractivity (Wildman–Crippen MR) is 53.2 cm³/mol. The first-order valence-corrected chi connectivity index (χ1v) is 5.09. The molecule has 0 aromatic heterocycles. The van der Waals surface area contributed by atoms with Crippen LogP contribution in [0, 0.1) is 5.92 Å². The van der Waals surface area contributed by atoms with E-state index < -0.39 is 0 Å². The van der Waals surface area contributed by atoms with E-state index in [0.29, 0.717) is 10.5 Å². The van der Waals surface area contributed by atoms with Gasteiger partial charge in [-0.25, -0.2) is 0 Å².